The highest BCUT2D eigenvalue weighted by molar-refractivity contribution is 5.97. The number of hydrogen-bond donors (Lipinski definition) is 2. The number of carbonyl (C=O) groups is 3. The molecule has 2 bridgehead atoms. The Hall–Kier alpha value is -4.65. The Morgan fingerprint density at radius 1 is 1.02 bits per heavy atom. The lowest BCUT2D eigenvalue weighted by atomic mass is 10.0. The highest BCUT2D eigenvalue weighted by atomic mass is 16.5. The minimum Gasteiger partial charge on any atom is -0.493 e. The minimum absolute atomic E-state index is 0.0123. The molecule has 1 fully saturated rings. The fourth-order valence-corrected chi connectivity index (χ4v) is 5.61. The summed E-state index contributed by atoms with van der Waals surface area (Å²) in [4.78, 5) is 48.7. The summed E-state index contributed by atoms with van der Waals surface area (Å²) in [6.45, 7) is 9.70. The van der Waals surface area contributed by atoms with E-state index in [-0.39, 0.29) is 43.3 Å². The third-order valence-electron chi connectivity index (χ3n) is 8.06. The predicted molar refractivity (Wildman–Crippen MR) is 171 cm³/mol. The first-order valence-corrected chi connectivity index (χ1v) is 15.7. The summed E-state index contributed by atoms with van der Waals surface area (Å²) in [6.07, 6.45) is 0.442. The molecule has 13 nitrogen and oxygen atoms in total. The summed E-state index contributed by atoms with van der Waals surface area (Å²) in [6, 6.07) is 12.0. The fraction of sp³-hybridized carbons (Fsp3) is 0.485. The third-order valence-corrected chi connectivity index (χ3v) is 8.06. The van der Waals surface area contributed by atoms with Gasteiger partial charge in [0.1, 0.15) is 18.3 Å². The monoisotopic (exact) mass is 633 g/mol. The Labute approximate surface area is 269 Å². The molecule has 0 unspecified atom stereocenters. The molecule has 1 aromatic heterocycles. The predicted octanol–water partition coefficient (Wildman–Crippen LogP) is 2.60. The molecule has 0 radical (unpaired) electrons. The number of fused-ring (bicyclic) bond motifs is 3. The molecule has 2 aromatic carbocycles. The number of morpholine rings is 1. The van der Waals surface area contributed by atoms with Crippen molar-refractivity contribution in [1.82, 2.24) is 30.3 Å². The number of methoxy groups -OCH3 is 1. The quantitative estimate of drug-likeness (QED) is 0.444. The van der Waals surface area contributed by atoms with E-state index in [4.69, 9.17) is 14.2 Å². The van der Waals surface area contributed by atoms with E-state index in [1.807, 2.05) is 26.0 Å². The smallest absolute Gasteiger partial charge is 0.254 e. The largest absolute Gasteiger partial charge is 0.493 e. The molecule has 1 atom stereocenters. The first-order chi connectivity index (χ1) is 22.2. The van der Waals surface area contributed by atoms with Crippen molar-refractivity contribution >= 4 is 23.4 Å². The van der Waals surface area contributed by atoms with E-state index in [0.717, 1.165) is 18.8 Å². The maximum Gasteiger partial charge on any atom is 0.254 e. The number of carbonyl (C=O) groups excluding carboxylic acids is 3. The van der Waals surface area contributed by atoms with Gasteiger partial charge in [-0.1, -0.05) is 13.8 Å². The lowest BCUT2D eigenvalue weighted by Gasteiger charge is -2.29. The number of amides is 3. The van der Waals surface area contributed by atoms with Crippen LogP contribution in [-0.2, 0) is 16.1 Å². The van der Waals surface area contributed by atoms with Gasteiger partial charge in [-0.05, 0) is 61.7 Å². The van der Waals surface area contributed by atoms with Crippen LogP contribution in [0.1, 0.15) is 58.7 Å². The summed E-state index contributed by atoms with van der Waals surface area (Å²) in [5.74, 6) is 1.22. The van der Waals surface area contributed by atoms with E-state index >= 15 is 0 Å². The van der Waals surface area contributed by atoms with Crippen LogP contribution in [0.25, 0.3) is 0 Å². The van der Waals surface area contributed by atoms with Crippen LogP contribution in [0.5, 0.6) is 11.5 Å². The van der Waals surface area contributed by atoms with Gasteiger partial charge >= 0.3 is 0 Å². The fourth-order valence-electron chi connectivity index (χ4n) is 5.61. The lowest BCUT2D eigenvalue weighted by molar-refractivity contribution is -0.123. The second kappa shape index (κ2) is 15.1. The van der Waals surface area contributed by atoms with Crippen LogP contribution >= 0.6 is 0 Å². The number of nitrogens with one attached hydrogen (secondary N) is 2. The van der Waals surface area contributed by atoms with Crippen molar-refractivity contribution in [3.63, 3.8) is 0 Å². The van der Waals surface area contributed by atoms with Gasteiger partial charge in [0.15, 0.2) is 11.5 Å². The third kappa shape index (κ3) is 7.94. The van der Waals surface area contributed by atoms with E-state index in [1.165, 1.54) is 4.90 Å². The molecule has 2 aliphatic heterocycles. The molecule has 46 heavy (non-hydrogen) atoms. The minimum atomic E-state index is -0.450. The number of anilines is 1. The molecule has 1 saturated heterocycles. The lowest BCUT2D eigenvalue weighted by Crippen LogP contribution is -2.44. The van der Waals surface area contributed by atoms with Crippen LogP contribution in [-0.4, -0.2) is 97.0 Å². The van der Waals surface area contributed by atoms with Crippen LogP contribution in [0, 0.1) is 12.8 Å². The van der Waals surface area contributed by atoms with E-state index in [0.29, 0.717) is 67.0 Å². The van der Waals surface area contributed by atoms with E-state index < -0.39 is 6.04 Å². The topological polar surface area (TPSA) is 140 Å². The van der Waals surface area contributed by atoms with Crippen LogP contribution in [0.4, 0.5) is 5.69 Å². The van der Waals surface area contributed by atoms with Gasteiger partial charge in [0.05, 0.1) is 39.5 Å². The zero-order chi connectivity index (χ0) is 32.6. The number of benzene rings is 2. The van der Waals surface area contributed by atoms with Crippen molar-refractivity contribution in [2.75, 3.05) is 64.6 Å². The van der Waals surface area contributed by atoms with Crippen molar-refractivity contribution in [2.45, 2.75) is 39.8 Å². The Morgan fingerprint density at radius 3 is 2.50 bits per heavy atom. The van der Waals surface area contributed by atoms with Gasteiger partial charge in [-0.15, -0.1) is 0 Å². The number of aryl methyl sites for hydroxylation is 1. The Morgan fingerprint density at radius 2 is 1.78 bits per heavy atom. The van der Waals surface area contributed by atoms with Crippen molar-refractivity contribution in [3.8, 4) is 11.5 Å². The Balaban J connectivity index is 1.40. The second-order valence-corrected chi connectivity index (χ2v) is 11.7. The second-order valence-electron chi connectivity index (χ2n) is 11.7. The zero-order valence-electron chi connectivity index (χ0n) is 27.0. The van der Waals surface area contributed by atoms with E-state index in [2.05, 4.69) is 25.6 Å². The number of hydrogen-bond acceptors (Lipinski definition) is 9. The standard InChI is InChI=1S/C33H43N7O6/c1-22(2)30-31-35-23(3)37-40(31)16-19-46-28-20-25(8-11-27(28)44-4)32(42)34-12-5-13-39(21-29(41)36-30)33(43)24-6-9-26(10-7-24)38-14-17-45-18-15-38/h6-11,20,22,30H,5,12-19,21H2,1-4H3,(H,34,42)(H,36,41)/t30-/m0/s1. The van der Waals surface area contributed by atoms with Gasteiger partial charge in [0.2, 0.25) is 5.91 Å². The van der Waals surface area contributed by atoms with Gasteiger partial charge in [0.25, 0.3) is 11.8 Å². The van der Waals surface area contributed by atoms with Gasteiger partial charge in [-0.3, -0.25) is 14.4 Å². The Kier molecular flexibility index (Phi) is 10.7. The highest BCUT2D eigenvalue weighted by Crippen LogP contribution is 2.28. The van der Waals surface area contributed by atoms with Crippen LogP contribution in [0.2, 0.25) is 0 Å². The van der Waals surface area contributed by atoms with E-state index in [1.54, 1.807) is 49.0 Å². The maximum atomic E-state index is 13.8. The van der Waals surface area contributed by atoms with Crippen molar-refractivity contribution < 1.29 is 28.6 Å². The molecule has 2 N–H and O–H groups in total. The first-order valence-electron chi connectivity index (χ1n) is 15.7. The molecule has 5 rings (SSSR count). The summed E-state index contributed by atoms with van der Waals surface area (Å²) in [7, 11) is 1.54. The normalized spacial score (nSPS) is 18.5. The molecular formula is C33H43N7O6. The molecule has 246 valence electrons. The molecule has 3 heterocycles. The SMILES string of the molecule is COc1ccc2cc1OCCn1nc(C)nc1[C@H](C(C)C)NC(=O)CN(C(=O)c1ccc(N3CCOCC3)cc1)CCCNC2=O. The average Bonchev–Trinajstić information content (AvgIpc) is 3.43. The Bertz CT molecular complexity index is 1520. The number of nitrogens with zero attached hydrogens (tertiary/aromatic N) is 5. The summed E-state index contributed by atoms with van der Waals surface area (Å²) in [5.41, 5.74) is 1.92. The first kappa shape index (κ1) is 32.7. The summed E-state index contributed by atoms with van der Waals surface area (Å²) < 4.78 is 18.7. The average molecular weight is 634 g/mol. The number of ether oxygens (including phenoxy) is 3. The van der Waals surface area contributed by atoms with E-state index in [9.17, 15) is 14.4 Å². The van der Waals surface area contributed by atoms with Gasteiger partial charge in [-0.25, -0.2) is 9.67 Å². The highest BCUT2D eigenvalue weighted by Gasteiger charge is 2.27. The molecule has 0 aliphatic carbocycles. The summed E-state index contributed by atoms with van der Waals surface area (Å²) in [5, 5.41) is 10.6. The van der Waals surface area contributed by atoms with Gasteiger partial charge in [-0.2, -0.15) is 5.10 Å². The van der Waals surface area contributed by atoms with Crippen LogP contribution in [0.3, 0.4) is 0 Å². The zero-order valence-corrected chi connectivity index (χ0v) is 27.0. The molecule has 3 aromatic rings. The van der Waals surface area contributed by atoms with Gasteiger partial charge in [0, 0.05) is 43.0 Å². The maximum absolute atomic E-state index is 13.8. The molecule has 0 spiro atoms. The number of rotatable bonds is 4. The van der Waals surface area contributed by atoms with Crippen molar-refractivity contribution in [3.05, 3.63) is 65.2 Å². The molecular weight excluding hydrogens is 590 g/mol. The molecule has 3 amide bonds. The van der Waals surface area contributed by atoms with Crippen molar-refractivity contribution in [2.24, 2.45) is 5.92 Å². The number of aromatic nitrogens is 3. The molecule has 13 heteroatoms. The summed E-state index contributed by atoms with van der Waals surface area (Å²) >= 11 is 0. The van der Waals surface area contributed by atoms with Crippen molar-refractivity contribution in [1.29, 1.82) is 0 Å². The van der Waals surface area contributed by atoms with Gasteiger partial charge < -0.3 is 34.6 Å². The molecule has 0 saturated carbocycles. The molecule has 2 aliphatic rings. The van der Waals surface area contributed by atoms with Crippen LogP contribution in [0.15, 0.2) is 42.5 Å². The van der Waals surface area contributed by atoms with Crippen LogP contribution < -0.4 is 25.0 Å².